The first kappa shape index (κ1) is 12.6. The highest BCUT2D eigenvalue weighted by atomic mass is 19.1. The molecule has 2 fully saturated rings. The van der Waals surface area contributed by atoms with Crippen molar-refractivity contribution in [2.75, 3.05) is 0 Å². The summed E-state index contributed by atoms with van der Waals surface area (Å²) in [5.41, 5.74) is 0.483. The fraction of sp³-hybridized carbons (Fsp3) is 0.647. The average Bonchev–Trinajstić information content (AvgIpc) is 3.22. The Kier molecular flexibility index (Phi) is 2.81. The minimum Gasteiger partial charge on any atom is -0.487 e. The monoisotopic (exact) mass is 276 g/mol. The molecule has 0 saturated heterocycles. The maximum Gasteiger partial charge on any atom is 0.128 e. The van der Waals surface area contributed by atoms with E-state index in [1.54, 1.807) is 6.07 Å². The maximum atomic E-state index is 13.4. The van der Waals surface area contributed by atoms with Gasteiger partial charge in [0, 0.05) is 18.1 Å². The van der Waals surface area contributed by atoms with Crippen LogP contribution in [0.3, 0.4) is 0 Å². The molecule has 4 rings (SSSR count). The summed E-state index contributed by atoms with van der Waals surface area (Å²) in [6.45, 7) is 0. The van der Waals surface area contributed by atoms with Crippen LogP contribution in [0.5, 0.6) is 5.75 Å². The van der Waals surface area contributed by atoms with Gasteiger partial charge in [-0.25, -0.2) is 4.39 Å². The maximum absolute atomic E-state index is 13.4. The van der Waals surface area contributed by atoms with E-state index in [0.29, 0.717) is 12.2 Å². The number of aliphatic hydroxyl groups excluding tert-OH is 1. The molecule has 2 aliphatic carbocycles. The zero-order valence-corrected chi connectivity index (χ0v) is 11.6. The molecular weight excluding hydrogens is 255 g/mol. The zero-order chi connectivity index (χ0) is 13.7. The molecular formula is C17H21FO2. The Bertz CT molecular complexity index is 526. The normalized spacial score (nSPS) is 36.5. The van der Waals surface area contributed by atoms with Crippen LogP contribution in [0.1, 0.15) is 56.6 Å². The van der Waals surface area contributed by atoms with Crippen LogP contribution in [-0.4, -0.2) is 10.7 Å². The summed E-state index contributed by atoms with van der Waals surface area (Å²) in [6, 6.07) is 4.49. The number of aliphatic hydroxyl groups is 1. The molecule has 1 aromatic rings. The van der Waals surface area contributed by atoms with Crippen LogP contribution in [0.15, 0.2) is 18.2 Å². The van der Waals surface area contributed by atoms with Crippen molar-refractivity contribution in [2.24, 2.45) is 11.8 Å². The molecule has 108 valence electrons. The van der Waals surface area contributed by atoms with Gasteiger partial charge >= 0.3 is 0 Å². The van der Waals surface area contributed by atoms with Gasteiger partial charge in [-0.2, -0.15) is 0 Å². The second-order valence-corrected chi connectivity index (χ2v) is 6.88. The standard InChI is InChI=1S/C17H21FO2/c18-13-5-6-14-15(19)10-17(20-16(14)8-13)7-1-2-12(9-17)11-3-4-11/h5-6,8,11-12,15,19H,1-4,7,9-10H2. The van der Waals surface area contributed by atoms with Gasteiger partial charge < -0.3 is 9.84 Å². The summed E-state index contributed by atoms with van der Waals surface area (Å²) in [5, 5.41) is 10.4. The number of rotatable bonds is 1. The van der Waals surface area contributed by atoms with Crippen molar-refractivity contribution < 1.29 is 14.2 Å². The van der Waals surface area contributed by atoms with Crippen molar-refractivity contribution in [1.82, 2.24) is 0 Å². The Morgan fingerprint density at radius 1 is 1.15 bits per heavy atom. The van der Waals surface area contributed by atoms with E-state index in [2.05, 4.69) is 0 Å². The summed E-state index contributed by atoms with van der Waals surface area (Å²) < 4.78 is 19.7. The van der Waals surface area contributed by atoms with Crippen LogP contribution >= 0.6 is 0 Å². The Morgan fingerprint density at radius 3 is 2.80 bits per heavy atom. The van der Waals surface area contributed by atoms with E-state index in [9.17, 15) is 9.50 Å². The second-order valence-electron chi connectivity index (χ2n) is 6.88. The Morgan fingerprint density at radius 2 is 2.00 bits per heavy atom. The summed E-state index contributed by atoms with van der Waals surface area (Å²) in [4.78, 5) is 0. The number of benzene rings is 1. The molecule has 0 amide bonds. The molecule has 3 atom stereocenters. The van der Waals surface area contributed by atoms with Crippen LogP contribution in [-0.2, 0) is 0 Å². The van der Waals surface area contributed by atoms with Gasteiger partial charge in [-0.05, 0) is 62.5 Å². The fourth-order valence-corrected chi connectivity index (χ4v) is 4.23. The van der Waals surface area contributed by atoms with Crippen molar-refractivity contribution in [2.45, 2.75) is 56.7 Å². The molecule has 1 aliphatic heterocycles. The van der Waals surface area contributed by atoms with Crippen molar-refractivity contribution in [3.63, 3.8) is 0 Å². The van der Waals surface area contributed by atoms with E-state index >= 15 is 0 Å². The second kappa shape index (κ2) is 4.45. The summed E-state index contributed by atoms with van der Waals surface area (Å²) in [6.07, 6.45) is 7.34. The van der Waals surface area contributed by atoms with Gasteiger partial charge in [-0.3, -0.25) is 0 Å². The minimum atomic E-state index is -0.516. The lowest BCUT2D eigenvalue weighted by Gasteiger charge is -2.45. The third-order valence-corrected chi connectivity index (χ3v) is 5.36. The van der Waals surface area contributed by atoms with Gasteiger partial charge in [0.15, 0.2) is 0 Å². The highest BCUT2D eigenvalue weighted by Crippen LogP contribution is 2.52. The summed E-state index contributed by atoms with van der Waals surface area (Å²) in [5.74, 6) is 1.88. The molecule has 0 bridgehead atoms. The Hall–Kier alpha value is -1.09. The van der Waals surface area contributed by atoms with Crippen molar-refractivity contribution >= 4 is 0 Å². The van der Waals surface area contributed by atoms with Crippen LogP contribution in [0.4, 0.5) is 4.39 Å². The van der Waals surface area contributed by atoms with E-state index in [1.807, 2.05) is 0 Å². The summed E-state index contributed by atoms with van der Waals surface area (Å²) >= 11 is 0. The first-order valence-electron chi connectivity index (χ1n) is 7.82. The average molecular weight is 276 g/mol. The fourth-order valence-electron chi connectivity index (χ4n) is 4.23. The Balaban J connectivity index is 1.63. The van der Waals surface area contributed by atoms with Crippen LogP contribution in [0, 0.1) is 17.7 Å². The number of halogens is 1. The molecule has 1 N–H and O–H groups in total. The molecule has 2 saturated carbocycles. The van der Waals surface area contributed by atoms with E-state index < -0.39 is 6.10 Å². The first-order valence-corrected chi connectivity index (χ1v) is 7.82. The number of ether oxygens (including phenoxy) is 1. The topological polar surface area (TPSA) is 29.5 Å². The van der Waals surface area contributed by atoms with Gasteiger partial charge in [0.05, 0.1) is 6.10 Å². The minimum absolute atomic E-state index is 0.258. The van der Waals surface area contributed by atoms with E-state index in [4.69, 9.17) is 4.74 Å². The highest BCUT2D eigenvalue weighted by molar-refractivity contribution is 5.38. The van der Waals surface area contributed by atoms with Crippen molar-refractivity contribution in [3.05, 3.63) is 29.6 Å². The molecule has 1 heterocycles. The van der Waals surface area contributed by atoms with Gasteiger partial charge in [-0.15, -0.1) is 0 Å². The third kappa shape index (κ3) is 2.12. The van der Waals surface area contributed by atoms with Crippen molar-refractivity contribution in [3.8, 4) is 5.75 Å². The molecule has 0 aromatic heterocycles. The highest BCUT2D eigenvalue weighted by Gasteiger charge is 2.47. The molecule has 1 aromatic carbocycles. The smallest absolute Gasteiger partial charge is 0.128 e. The lowest BCUT2D eigenvalue weighted by Crippen LogP contribution is -2.45. The molecule has 3 heteroatoms. The van der Waals surface area contributed by atoms with Gasteiger partial charge in [-0.1, -0.05) is 0 Å². The zero-order valence-electron chi connectivity index (χ0n) is 11.6. The quantitative estimate of drug-likeness (QED) is 0.840. The predicted octanol–water partition coefficient (Wildman–Crippen LogP) is 3.98. The summed E-state index contributed by atoms with van der Waals surface area (Å²) in [7, 11) is 0. The SMILES string of the molecule is OC1CC2(CCCC(C3CC3)C2)Oc2cc(F)ccc21. The van der Waals surface area contributed by atoms with E-state index in [0.717, 1.165) is 30.2 Å². The molecule has 1 spiro atoms. The number of fused-ring (bicyclic) bond motifs is 1. The van der Waals surface area contributed by atoms with Crippen LogP contribution < -0.4 is 4.74 Å². The molecule has 0 radical (unpaired) electrons. The van der Waals surface area contributed by atoms with Gasteiger partial charge in [0.1, 0.15) is 17.2 Å². The van der Waals surface area contributed by atoms with Gasteiger partial charge in [0.25, 0.3) is 0 Å². The van der Waals surface area contributed by atoms with Gasteiger partial charge in [0.2, 0.25) is 0 Å². The largest absolute Gasteiger partial charge is 0.487 e. The third-order valence-electron chi connectivity index (χ3n) is 5.36. The molecule has 2 nitrogen and oxygen atoms in total. The number of hydrogen-bond acceptors (Lipinski definition) is 2. The molecule has 20 heavy (non-hydrogen) atoms. The van der Waals surface area contributed by atoms with E-state index in [-0.39, 0.29) is 11.4 Å². The molecule has 3 aliphatic rings. The molecule has 3 unspecified atom stereocenters. The van der Waals surface area contributed by atoms with Crippen LogP contribution in [0.2, 0.25) is 0 Å². The first-order chi connectivity index (χ1) is 9.65. The predicted molar refractivity (Wildman–Crippen MR) is 74.0 cm³/mol. The Labute approximate surface area is 119 Å². The lowest BCUT2D eigenvalue weighted by molar-refractivity contribution is -0.0546. The number of hydrogen-bond donors (Lipinski definition) is 1. The van der Waals surface area contributed by atoms with Crippen molar-refractivity contribution in [1.29, 1.82) is 0 Å². The van der Waals surface area contributed by atoms with Crippen LogP contribution in [0.25, 0.3) is 0 Å². The lowest BCUT2D eigenvalue weighted by atomic mass is 9.72. The van der Waals surface area contributed by atoms with E-state index in [1.165, 1.54) is 37.8 Å².